The molecule has 4 aliphatic rings. The van der Waals surface area contributed by atoms with Gasteiger partial charge in [-0.05, 0) is 24.8 Å². The van der Waals surface area contributed by atoms with E-state index in [-0.39, 0.29) is 34.2 Å². The number of carbonyl (C=O) groups is 2. The Kier molecular flexibility index (Phi) is 3.18. The SMILES string of the molecule is O=C1NC2(CO1)CC(C(=O)N1CCC3(c4ccccc4)C(Cl)C3C1)C2. The second kappa shape index (κ2) is 5.13. The van der Waals surface area contributed by atoms with Crippen LogP contribution in [0.1, 0.15) is 24.8 Å². The lowest BCUT2D eigenvalue weighted by Gasteiger charge is -2.44. The van der Waals surface area contributed by atoms with Crippen LogP contribution < -0.4 is 5.32 Å². The Labute approximate surface area is 151 Å². The van der Waals surface area contributed by atoms with Crippen molar-refractivity contribution in [2.45, 2.75) is 35.6 Å². The number of likely N-dealkylation sites (tertiary alicyclic amines) is 1. The average molecular weight is 361 g/mol. The number of cyclic esters (lactones) is 1. The molecule has 1 spiro atoms. The van der Waals surface area contributed by atoms with Crippen LogP contribution in [-0.2, 0) is 14.9 Å². The van der Waals surface area contributed by atoms with E-state index < -0.39 is 0 Å². The number of fused-ring (bicyclic) bond motifs is 1. The van der Waals surface area contributed by atoms with Crippen molar-refractivity contribution < 1.29 is 14.3 Å². The summed E-state index contributed by atoms with van der Waals surface area (Å²) in [5, 5.41) is 2.97. The van der Waals surface area contributed by atoms with E-state index in [2.05, 4.69) is 29.6 Å². The van der Waals surface area contributed by atoms with Crippen LogP contribution in [0, 0.1) is 11.8 Å². The van der Waals surface area contributed by atoms with Crippen molar-refractivity contribution in [1.82, 2.24) is 10.2 Å². The fourth-order valence-corrected chi connectivity index (χ4v) is 5.82. The van der Waals surface area contributed by atoms with Crippen molar-refractivity contribution in [2.75, 3.05) is 19.7 Å². The summed E-state index contributed by atoms with van der Waals surface area (Å²) in [4.78, 5) is 26.1. The van der Waals surface area contributed by atoms with E-state index in [0.29, 0.717) is 25.4 Å². The molecule has 2 saturated carbocycles. The van der Waals surface area contributed by atoms with Gasteiger partial charge in [0.2, 0.25) is 5.91 Å². The minimum Gasteiger partial charge on any atom is -0.447 e. The molecule has 2 aliphatic carbocycles. The first-order valence-corrected chi connectivity index (χ1v) is 9.41. The maximum absolute atomic E-state index is 12.8. The topological polar surface area (TPSA) is 58.6 Å². The summed E-state index contributed by atoms with van der Waals surface area (Å²) in [6.07, 6.45) is 1.94. The molecule has 0 aromatic heterocycles. The third-order valence-electron chi connectivity index (χ3n) is 6.70. The molecule has 1 N–H and O–H groups in total. The third kappa shape index (κ3) is 2.14. The van der Waals surface area contributed by atoms with Gasteiger partial charge in [0.15, 0.2) is 0 Å². The molecular weight excluding hydrogens is 340 g/mol. The summed E-state index contributed by atoms with van der Waals surface area (Å²) in [6, 6.07) is 10.5. The van der Waals surface area contributed by atoms with E-state index in [0.717, 1.165) is 19.5 Å². The van der Waals surface area contributed by atoms with Gasteiger partial charge in [-0.1, -0.05) is 30.3 Å². The molecule has 2 saturated heterocycles. The van der Waals surface area contributed by atoms with Gasteiger partial charge in [-0.3, -0.25) is 4.79 Å². The van der Waals surface area contributed by atoms with Crippen LogP contribution in [0.25, 0.3) is 0 Å². The van der Waals surface area contributed by atoms with Crippen molar-refractivity contribution in [3.05, 3.63) is 35.9 Å². The van der Waals surface area contributed by atoms with Gasteiger partial charge in [0.05, 0.1) is 5.54 Å². The molecule has 5 rings (SSSR count). The molecule has 6 heteroatoms. The van der Waals surface area contributed by atoms with Crippen LogP contribution in [0.4, 0.5) is 4.79 Å². The summed E-state index contributed by atoms with van der Waals surface area (Å²) in [5.41, 5.74) is 1.06. The Hall–Kier alpha value is -1.75. The van der Waals surface area contributed by atoms with Crippen molar-refractivity contribution in [3.63, 3.8) is 0 Å². The van der Waals surface area contributed by atoms with Gasteiger partial charge < -0.3 is 15.0 Å². The molecule has 2 amide bonds. The second-order valence-corrected chi connectivity index (χ2v) is 8.51. The zero-order chi connectivity index (χ0) is 17.2. The molecule has 3 unspecified atom stereocenters. The Morgan fingerprint density at radius 2 is 2.04 bits per heavy atom. The van der Waals surface area contributed by atoms with Gasteiger partial charge in [-0.25, -0.2) is 4.79 Å². The molecule has 0 bridgehead atoms. The Morgan fingerprint density at radius 3 is 2.68 bits per heavy atom. The van der Waals surface area contributed by atoms with Crippen LogP contribution in [0.2, 0.25) is 0 Å². The number of alkyl halides is 1. The Bertz CT molecular complexity index is 733. The number of hydrogen-bond acceptors (Lipinski definition) is 3. The van der Waals surface area contributed by atoms with Gasteiger partial charge in [0, 0.05) is 35.7 Å². The summed E-state index contributed by atoms with van der Waals surface area (Å²) >= 11 is 6.66. The smallest absolute Gasteiger partial charge is 0.407 e. The zero-order valence-electron chi connectivity index (χ0n) is 13.9. The Morgan fingerprint density at radius 1 is 1.28 bits per heavy atom. The summed E-state index contributed by atoms with van der Waals surface area (Å²) in [7, 11) is 0. The van der Waals surface area contributed by atoms with E-state index in [4.69, 9.17) is 16.3 Å². The van der Waals surface area contributed by atoms with E-state index in [9.17, 15) is 9.59 Å². The van der Waals surface area contributed by atoms with Gasteiger partial charge in [0.1, 0.15) is 6.61 Å². The lowest BCUT2D eigenvalue weighted by Crippen LogP contribution is -2.58. The number of alkyl carbamates (subject to hydrolysis) is 1. The first-order valence-electron chi connectivity index (χ1n) is 8.97. The molecule has 2 aliphatic heterocycles. The molecule has 25 heavy (non-hydrogen) atoms. The van der Waals surface area contributed by atoms with Crippen LogP contribution in [0.5, 0.6) is 0 Å². The highest BCUT2D eigenvalue weighted by Gasteiger charge is 2.67. The average Bonchev–Trinajstić information content (AvgIpc) is 3.00. The zero-order valence-corrected chi connectivity index (χ0v) is 14.7. The maximum Gasteiger partial charge on any atom is 0.407 e. The third-order valence-corrected chi connectivity index (χ3v) is 7.40. The fourth-order valence-electron chi connectivity index (χ4n) is 5.19. The van der Waals surface area contributed by atoms with Crippen molar-refractivity contribution in [2.24, 2.45) is 11.8 Å². The predicted octanol–water partition coefficient (Wildman–Crippen LogP) is 2.28. The van der Waals surface area contributed by atoms with Gasteiger partial charge in [-0.2, -0.15) is 0 Å². The molecule has 1 aromatic rings. The van der Waals surface area contributed by atoms with Crippen LogP contribution in [-0.4, -0.2) is 47.5 Å². The van der Waals surface area contributed by atoms with E-state index in [1.54, 1.807) is 0 Å². The number of hydrogen-bond donors (Lipinski definition) is 1. The maximum atomic E-state index is 12.8. The monoisotopic (exact) mass is 360 g/mol. The normalized spacial score (nSPS) is 41.6. The molecule has 2 heterocycles. The number of nitrogens with one attached hydrogen (secondary N) is 1. The standard InChI is InChI=1S/C19H21ClN2O3/c20-15-14-10-22(7-6-19(14,15)13-4-2-1-3-5-13)16(23)12-8-18(9-12)11-25-17(24)21-18/h1-5,12,14-15H,6-11H2,(H,21,24). The van der Waals surface area contributed by atoms with Gasteiger partial charge >= 0.3 is 6.09 Å². The molecule has 5 nitrogen and oxygen atoms in total. The van der Waals surface area contributed by atoms with Crippen LogP contribution >= 0.6 is 11.6 Å². The number of halogens is 1. The highest BCUT2D eigenvalue weighted by atomic mass is 35.5. The fraction of sp³-hybridized carbons (Fsp3) is 0.579. The lowest BCUT2D eigenvalue weighted by molar-refractivity contribution is -0.142. The number of nitrogens with zero attached hydrogens (tertiary/aromatic N) is 1. The summed E-state index contributed by atoms with van der Waals surface area (Å²) in [5.74, 6) is 0.556. The summed E-state index contributed by atoms with van der Waals surface area (Å²) < 4.78 is 4.99. The number of carbonyl (C=O) groups excluding carboxylic acids is 2. The van der Waals surface area contributed by atoms with E-state index >= 15 is 0 Å². The molecular formula is C19H21ClN2O3. The summed E-state index contributed by atoms with van der Waals surface area (Å²) in [6.45, 7) is 1.90. The number of piperidine rings is 1. The number of benzene rings is 1. The molecule has 132 valence electrons. The van der Waals surface area contributed by atoms with Gasteiger partial charge in [-0.15, -0.1) is 11.6 Å². The number of ether oxygens (including phenoxy) is 1. The van der Waals surface area contributed by atoms with E-state index in [1.165, 1.54) is 5.56 Å². The van der Waals surface area contributed by atoms with Crippen molar-refractivity contribution in [1.29, 1.82) is 0 Å². The molecule has 0 radical (unpaired) electrons. The number of amides is 2. The second-order valence-electron chi connectivity index (χ2n) is 8.04. The highest BCUT2D eigenvalue weighted by molar-refractivity contribution is 6.24. The lowest BCUT2D eigenvalue weighted by atomic mass is 9.68. The predicted molar refractivity (Wildman–Crippen MR) is 92.4 cm³/mol. The minimum atomic E-state index is -0.362. The first-order chi connectivity index (χ1) is 12.0. The van der Waals surface area contributed by atoms with Crippen LogP contribution in [0.3, 0.4) is 0 Å². The highest BCUT2D eigenvalue weighted by Crippen LogP contribution is 2.62. The molecule has 3 atom stereocenters. The van der Waals surface area contributed by atoms with Gasteiger partial charge in [0.25, 0.3) is 0 Å². The molecule has 1 aromatic carbocycles. The van der Waals surface area contributed by atoms with Crippen LogP contribution in [0.15, 0.2) is 30.3 Å². The van der Waals surface area contributed by atoms with E-state index in [1.807, 2.05) is 11.0 Å². The number of rotatable bonds is 2. The van der Waals surface area contributed by atoms with Crippen molar-refractivity contribution in [3.8, 4) is 0 Å². The largest absolute Gasteiger partial charge is 0.447 e. The molecule has 4 fully saturated rings. The van der Waals surface area contributed by atoms with Crippen molar-refractivity contribution >= 4 is 23.6 Å². The Balaban J connectivity index is 1.24. The first kappa shape index (κ1) is 15.5. The quantitative estimate of drug-likeness (QED) is 0.823. The minimum absolute atomic E-state index is 0.00116.